The molecule has 1 aliphatic heterocycles. The monoisotopic (exact) mass is 311 g/mol. The van der Waals surface area contributed by atoms with Gasteiger partial charge >= 0.3 is 0 Å². The van der Waals surface area contributed by atoms with Gasteiger partial charge in [-0.2, -0.15) is 0 Å². The molecule has 2 unspecified atom stereocenters. The number of hydrogen-bond acceptors (Lipinski definition) is 3. The lowest BCUT2D eigenvalue weighted by Gasteiger charge is -2.27. The molecule has 2 heterocycles. The third kappa shape index (κ3) is 4.26. The molecule has 1 amide bonds. The molecule has 0 saturated carbocycles. The van der Waals surface area contributed by atoms with E-state index in [1.807, 2.05) is 11.8 Å². The largest absolute Gasteiger partial charge is 0.325 e. The molecular weight excluding hydrogens is 286 g/mol. The van der Waals surface area contributed by atoms with Gasteiger partial charge in [0.2, 0.25) is 5.91 Å². The van der Waals surface area contributed by atoms with E-state index < -0.39 is 0 Å². The van der Waals surface area contributed by atoms with Gasteiger partial charge in [0, 0.05) is 23.6 Å². The van der Waals surface area contributed by atoms with Crippen molar-refractivity contribution in [1.82, 2.24) is 4.90 Å². The first kappa shape index (κ1) is 15.9. The van der Waals surface area contributed by atoms with Crippen LogP contribution in [0.1, 0.15) is 50.8 Å². The zero-order valence-corrected chi connectivity index (χ0v) is 14.5. The molecule has 20 heavy (non-hydrogen) atoms. The highest BCUT2D eigenvalue weighted by molar-refractivity contribution is 7.99. The lowest BCUT2D eigenvalue weighted by atomic mass is 9.84. The van der Waals surface area contributed by atoms with Crippen LogP contribution in [-0.2, 0) is 4.79 Å². The van der Waals surface area contributed by atoms with Crippen molar-refractivity contribution in [3.63, 3.8) is 0 Å². The van der Waals surface area contributed by atoms with Crippen molar-refractivity contribution in [2.24, 2.45) is 11.3 Å². The van der Waals surface area contributed by atoms with Crippen molar-refractivity contribution in [3.05, 3.63) is 22.4 Å². The van der Waals surface area contributed by atoms with Gasteiger partial charge in [-0.15, -0.1) is 23.1 Å². The maximum Gasteiger partial charge on any atom is 0.224 e. The fourth-order valence-electron chi connectivity index (χ4n) is 2.93. The molecule has 1 aliphatic rings. The predicted molar refractivity (Wildman–Crippen MR) is 89.1 cm³/mol. The van der Waals surface area contributed by atoms with Gasteiger partial charge in [0.1, 0.15) is 5.37 Å². The number of nitrogens with zero attached hydrogens (tertiary/aromatic N) is 1. The molecule has 1 fully saturated rings. The third-order valence-electron chi connectivity index (χ3n) is 3.48. The summed E-state index contributed by atoms with van der Waals surface area (Å²) < 4.78 is 0. The molecule has 0 aromatic carbocycles. The Bertz CT molecular complexity index is 436. The number of amides is 1. The van der Waals surface area contributed by atoms with Gasteiger partial charge in [0.15, 0.2) is 0 Å². The van der Waals surface area contributed by atoms with E-state index in [1.54, 1.807) is 11.3 Å². The highest BCUT2D eigenvalue weighted by atomic mass is 32.2. The maximum absolute atomic E-state index is 12.6. The summed E-state index contributed by atoms with van der Waals surface area (Å²) in [6.07, 6.45) is 1.78. The van der Waals surface area contributed by atoms with E-state index in [2.05, 4.69) is 50.1 Å². The van der Waals surface area contributed by atoms with Gasteiger partial charge in [-0.3, -0.25) is 4.79 Å². The number of thioether (sulfide) groups is 1. The molecule has 1 aromatic heterocycles. The highest BCUT2D eigenvalue weighted by Crippen LogP contribution is 2.40. The van der Waals surface area contributed by atoms with E-state index in [0.29, 0.717) is 23.7 Å². The van der Waals surface area contributed by atoms with Crippen LogP contribution >= 0.6 is 23.1 Å². The van der Waals surface area contributed by atoms with Crippen molar-refractivity contribution >= 4 is 29.0 Å². The molecule has 112 valence electrons. The van der Waals surface area contributed by atoms with Crippen LogP contribution in [0.3, 0.4) is 0 Å². The second-order valence-corrected chi connectivity index (χ2v) is 9.07. The number of carbonyl (C=O) groups is 1. The molecule has 0 N–H and O–H groups in total. The Morgan fingerprint density at radius 2 is 2.25 bits per heavy atom. The summed E-state index contributed by atoms with van der Waals surface area (Å²) in [5, 5.41) is 2.35. The van der Waals surface area contributed by atoms with Crippen molar-refractivity contribution in [1.29, 1.82) is 0 Å². The molecule has 2 rings (SSSR count). The fourth-order valence-corrected chi connectivity index (χ4v) is 5.18. The third-order valence-corrected chi connectivity index (χ3v) is 5.80. The minimum absolute atomic E-state index is 0.254. The first-order valence-electron chi connectivity index (χ1n) is 7.31. The zero-order valence-electron chi connectivity index (χ0n) is 12.9. The lowest BCUT2D eigenvalue weighted by Crippen LogP contribution is -2.31. The molecule has 0 bridgehead atoms. The average molecular weight is 312 g/mol. The van der Waals surface area contributed by atoms with Crippen LogP contribution in [0.5, 0.6) is 0 Å². The van der Waals surface area contributed by atoms with E-state index in [0.717, 1.165) is 18.7 Å². The Morgan fingerprint density at radius 1 is 1.50 bits per heavy atom. The standard InChI is InChI=1S/C16H25NOS2/c1-12(11-16(2,3)4)10-14(18)17-7-9-20-15(17)13-6-5-8-19-13/h5-6,8,12,15H,7,9-11H2,1-4H3. The summed E-state index contributed by atoms with van der Waals surface area (Å²) in [6.45, 7) is 9.83. The molecular formula is C16H25NOS2. The highest BCUT2D eigenvalue weighted by Gasteiger charge is 2.32. The van der Waals surface area contributed by atoms with Crippen LogP contribution in [0.2, 0.25) is 0 Å². The summed E-state index contributed by atoms with van der Waals surface area (Å²) in [4.78, 5) is 16.0. The van der Waals surface area contributed by atoms with E-state index in [-0.39, 0.29) is 5.37 Å². The molecule has 1 aromatic rings. The Balaban J connectivity index is 1.95. The first-order valence-corrected chi connectivity index (χ1v) is 9.24. The summed E-state index contributed by atoms with van der Waals surface area (Å²) in [6, 6.07) is 4.22. The van der Waals surface area contributed by atoms with Gasteiger partial charge in [0.05, 0.1) is 0 Å². The summed E-state index contributed by atoms with van der Waals surface area (Å²) in [5.41, 5.74) is 0.298. The fraction of sp³-hybridized carbons (Fsp3) is 0.688. The SMILES string of the molecule is CC(CC(=O)N1CCSC1c1cccs1)CC(C)(C)C. The van der Waals surface area contributed by atoms with Crippen LogP contribution in [0, 0.1) is 11.3 Å². The van der Waals surface area contributed by atoms with Crippen LogP contribution < -0.4 is 0 Å². The van der Waals surface area contributed by atoms with E-state index in [1.165, 1.54) is 4.88 Å². The van der Waals surface area contributed by atoms with E-state index in [4.69, 9.17) is 0 Å². The molecule has 0 radical (unpaired) electrons. The lowest BCUT2D eigenvalue weighted by molar-refractivity contribution is -0.132. The summed E-state index contributed by atoms with van der Waals surface area (Å²) in [7, 11) is 0. The smallest absolute Gasteiger partial charge is 0.224 e. The van der Waals surface area contributed by atoms with Gasteiger partial charge in [0.25, 0.3) is 0 Å². The van der Waals surface area contributed by atoms with Crippen molar-refractivity contribution < 1.29 is 4.79 Å². The van der Waals surface area contributed by atoms with Crippen LogP contribution in [-0.4, -0.2) is 23.1 Å². The zero-order chi connectivity index (χ0) is 14.8. The van der Waals surface area contributed by atoms with E-state index >= 15 is 0 Å². The second-order valence-electron chi connectivity index (χ2n) is 6.90. The molecule has 4 heteroatoms. The molecule has 0 spiro atoms. The molecule has 1 saturated heterocycles. The first-order chi connectivity index (χ1) is 9.37. The van der Waals surface area contributed by atoms with E-state index in [9.17, 15) is 4.79 Å². The predicted octanol–water partition coefficient (Wildman–Crippen LogP) is 4.78. The number of hydrogen-bond donors (Lipinski definition) is 0. The normalized spacial score (nSPS) is 21.2. The van der Waals surface area contributed by atoms with Gasteiger partial charge < -0.3 is 4.90 Å². The van der Waals surface area contributed by atoms with Crippen LogP contribution in [0.4, 0.5) is 0 Å². The maximum atomic E-state index is 12.6. The summed E-state index contributed by atoms with van der Waals surface area (Å²) >= 11 is 3.65. The topological polar surface area (TPSA) is 20.3 Å². The van der Waals surface area contributed by atoms with Gasteiger partial charge in [-0.05, 0) is 29.2 Å². The van der Waals surface area contributed by atoms with Crippen molar-refractivity contribution in [3.8, 4) is 0 Å². The Morgan fingerprint density at radius 3 is 2.85 bits per heavy atom. The van der Waals surface area contributed by atoms with Crippen molar-refractivity contribution in [2.75, 3.05) is 12.3 Å². The van der Waals surface area contributed by atoms with Crippen LogP contribution in [0.15, 0.2) is 17.5 Å². The van der Waals surface area contributed by atoms with Crippen molar-refractivity contribution in [2.45, 2.75) is 45.9 Å². The van der Waals surface area contributed by atoms with Gasteiger partial charge in [-0.1, -0.05) is 33.8 Å². The Labute approximate surface area is 130 Å². The molecule has 2 nitrogen and oxygen atoms in total. The quantitative estimate of drug-likeness (QED) is 0.797. The minimum Gasteiger partial charge on any atom is -0.325 e. The summed E-state index contributed by atoms with van der Waals surface area (Å²) in [5.74, 6) is 1.84. The Kier molecular flexibility index (Phi) is 5.19. The number of rotatable bonds is 4. The number of thiophene rings is 1. The van der Waals surface area contributed by atoms with Gasteiger partial charge in [-0.25, -0.2) is 0 Å². The second kappa shape index (κ2) is 6.52. The molecule has 0 aliphatic carbocycles. The Hall–Kier alpha value is -0.480. The van der Waals surface area contributed by atoms with Crippen LogP contribution in [0.25, 0.3) is 0 Å². The average Bonchev–Trinajstić information content (AvgIpc) is 2.97. The minimum atomic E-state index is 0.254. The number of carbonyl (C=O) groups excluding carboxylic acids is 1. The molecule has 2 atom stereocenters.